The third kappa shape index (κ3) is 11.0. The number of carbonyl (C=O) groups excluding carboxylic acids is 2. The van der Waals surface area contributed by atoms with Crippen LogP contribution in [-0.4, -0.2) is 29.7 Å². The predicted octanol–water partition coefficient (Wildman–Crippen LogP) is 10.4. The minimum absolute atomic E-state index is 0.387. The first-order chi connectivity index (χ1) is 21.3. The molecule has 2 atom stereocenters. The molecule has 0 aliphatic carbocycles. The lowest BCUT2D eigenvalue weighted by molar-refractivity contribution is -0.311. The standard InChI is InChI=1S/C38H56NO5/c1-4-5-6-7-8-9-10-11-12-13-14-15-16-17-18-19-30-43-35-26-22-33(23-27-35)36(41)44-38(3)29-28-37(2,39(38)42)34-24-20-32(31-40)21-25-34/h20-27,31H,4-19,28-30H2,1-3H3/t37-,38+/m0/s1. The maximum atomic E-state index is 13.4. The first-order valence-corrected chi connectivity index (χ1v) is 17.3. The second kappa shape index (κ2) is 19.0. The Morgan fingerprint density at radius 3 is 1.73 bits per heavy atom. The van der Waals surface area contributed by atoms with Crippen LogP contribution in [0.3, 0.4) is 0 Å². The van der Waals surface area contributed by atoms with E-state index in [2.05, 4.69) is 6.92 Å². The lowest BCUT2D eigenvalue weighted by atomic mass is 9.90. The largest absolute Gasteiger partial charge is 0.494 e. The highest BCUT2D eigenvalue weighted by Gasteiger charge is 2.54. The molecule has 2 aromatic carbocycles. The summed E-state index contributed by atoms with van der Waals surface area (Å²) in [5.41, 5.74) is -0.389. The maximum Gasteiger partial charge on any atom is 0.339 e. The second-order valence-electron chi connectivity index (χ2n) is 13.0. The molecule has 1 saturated heterocycles. The van der Waals surface area contributed by atoms with Gasteiger partial charge in [-0.1, -0.05) is 128 Å². The number of hydrogen-bond donors (Lipinski definition) is 0. The monoisotopic (exact) mass is 606 g/mol. The molecule has 3 rings (SSSR count). The van der Waals surface area contributed by atoms with Crippen molar-refractivity contribution >= 4 is 12.3 Å². The van der Waals surface area contributed by atoms with Gasteiger partial charge in [-0.2, -0.15) is 0 Å². The smallest absolute Gasteiger partial charge is 0.339 e. The fourth-order valence-corrected chi connectivity index (χ4v) is 6.26. The molecule has 6 nitrogen and oxygen atoms in total. The highest BCUT2D eigenvalue weighted by Crippen LogP contribution is 2.47. The fraction of sp³-hybridized carbons (Fsp3) is 0.632. The fourth-order valence-electron chi connectivity index (χ4n) is 6.26. The summed E-state index contributed by atoms with van der Waals surface area (Å²) in [6, 6.07) is 13.9. The molecule has 0 spiro atoms. The van der Waals surface area contributed by atoms with E-state index in [4.69, 9.17) is 9.47 Å². The van der Waals surface area contributed by atoms with Crippen molar-refractivity contribution in [3.63, 3.8) is 0 Å². The first kappa shape index (κ1) is 35.8. The Balaban J connectivity index is 1.26. The van der Waals surface area contributed by atoms with E-state index < -0.39 is 17.2 Å². The molecule has 0 aromatic heterocycles. The van der Waals surface area contributed by atoms with Crippen molar-refractivity contribution in [2.75, 3.05) is 6.61 Å². The van der Waals surface area contributed by atoms with Gasteiger partial charge in [0.15, 0.2) is 5.72 Å². The quantitative estimate of drug-likeness (QED) is 0.0757. The van der Waals surface area contributed by atoms with Crippen LogP contribution in [0.25, 0.3) is 0 Å². The SMILES string of the molecule is CCCCCCCCCCCCCCCCCCOc1ccc(C(=O)O[C@]2(C)CC[C@@](C)(c3ccc(C=O)cc3)N2[O])cc1. The Kier molecular flexibility index (Phi) is 15.4. The molecule has 1 aliphatic rings. The summed E-state index contributed by atoms with van der Waals surface area (Å²) in [5, 5.41) is 14.3. The molecule has 243 valence electrons. The minimum Gasteiger partial charge on any atom is -0.494 e. The number of hydrogen-bond acceptors (Lipinski definition) is 5. The third-order valence-electron chi connectivity index (χ3n) is 9.29. The molecule has 1 aliphatic heterocycles. The Bertz CT molecular complexity index is 1100. The zero-order valence-electron chi connectivity index (χ0n) is 27.6. The van der Waals surface area contributed by atoms with Gasteiger partial charge in [-0.3, -0.25) is 4.79 Å². The minimum atomic E-state index is -1.28. The normalized spacial score (nSPS) is 20.1. The molecule has 1 fully saturated rings. The molecule has 2 aromatic rings. The van der Waals surface area contributed by atoms with Crippen LogP contribution in [-0.2, 0) is 15.5 Å². The molecule has 0 unspecified atom stereocenters. The van der Waals surface area contributed by atoms with Crippen LogP contribution < -0.4 is 4.74 Å². The number of carbonyl (C=O) groups is 2. The van der Waals surface area contributed by atoms with Gasteiger partial charge in [0.05, 0.1) is 17.7 Å². The zero-order valence-corrected chi connectivity index (χ0v) is 27.6. The lowest BCUT2D eigenvalue weighted by Gasteiger charge is -2.36. The molecule has 1 radical (unpaired) electrons. The summed E-state index contributed by atoms with van der Waals surface area (Å²) in [4.78, 5) is 24.0. The van der Waals surface area contributed by atoms with E-state index >= 15 is 0 Å². The van der Waals surface area contributed by atoms with Crippen LogP contribution in [0.2, 0.25) is 0 Å². The van der Waals surface area contributed by atoms with Gasteiger partial charge in [-0.05, 0) is 56.5 Å². The van der Waals surface area contributed by atoms with E-state index in [-0.39, 0.29) is 0 Å². The number of ether oxygens (including phenoxy) is 2. The topological polar surface area (TPSA) is 75.7 Å². The van der Waals surface area contributed by atoms with Gasteiger partial charge in [-0.15, -0.1) is 10.3 Å². The average molecular weight is 607 g/mol. The first-order valence-electron chi connectivity index (χ1n) is 17.3. The van der Waals surface area contributed by atoms with Crippen LogP contribution >= 0.6 is 0 Å². The van der Waals surface area contributed by atoms with Gasteiger partial charge < -0.3 is 9.47 Å². The van der Waals surface area contributed by atoms with Crippen LogP contribution in [0.4, 0.5) is 0 Å². The van der Waals surface area contributed by atoms with E-state index in [0.717, 1.165) is 29.1 Å². The predicted molar refractivity (Wildman–Crippen MR) is 176 cm³/mol. The molecule has 1 heterocycles. The summed E-state index contributed by atoms with van der Waals surface area (Å²) in [6.45, 7) is 6.45. The van der Waals surface area contributed by atoms with Crippen molar-refractivity contribution in [3.05, 3.63) is 65.2 Å². The molecule has 0 bridgehead atoms. The Hall–Kier alpha value is -2.70. The van der Waals surface area contributed by atoms with Gasteiger partial charge in [-0.25, -0.2) is 4.79 Å². The third-order valence-corrected chi connectivity index (χ3v) is 9.29. The number of esters is 1. The van der Waals surface area contributed by atoms with Crippen molar-refractivity contribution in [2.24, 2.45) is 0 Å². The van der Waals surface area contributed by atoms with E-state index in [1.807, 2.05) is 6.92 Å². The summed E-state index contributed by atoms with van der Waals surface area (Å²) in [6.07, 6.45) is 23.2. The van der Waals surface area contributed by atoms with E-state index in [9.17, 15) is 14.8 Å². The van der Waals surface area contributed by atoms with Crippen molar-refractivity contribution < 1.29 is 24.3 Å². The van der Waals surface area contributed by atoms with Crippen molar-refractivity contribution in [1.82, 2.24) is 5.06 Å². The second-order valence-corrected chi connectivity index (χ2v) is 13.0. The highest BCUT2D eigenvalue weighted by atomic mass is 16.6. The molecule has 44 heavy (non-hydrogen) atoms. The molecular weight excluding hydrogens is 550 g/mol. The van der Waals surface area contributed by atoms with Gasteiger partial charge in [0.1, 0.15) is 12.0 Å². The van der Waals surface area contributed by atoms with Crippen molar-refractivity contribution in [1.29, 1.82) is 0 Å². The molecule has 6 heteroatoms. The molecule has 0 amide bonds. The lowest BCUT2D eigenvalue weighted by Crippen LogP contribution is -2.49. The summed E-state index contributed by atoms with van der Waals surface area (Å²) < 4.78 is 11.7. The van der Waals surface area contributed by atoms with Crippen molar-refractivity contribution in [3.8, 4) is 5.75 Å². The number of rotatable bonds is 22. The highest BCUT2D eigenvalue weighted by molar-refractivity contribution is 5.89. The number of unbranched alkanes of at least 4 members (excludes halogenated alkanes) is 15. The number of hydroxylamine groups is 2. The van der Waals surface area contributed by atoms with Gasteiger partial charge in [0.25, 0.3) is 0 Å². The van der Waals surface area contributed by atoms with Crippen LogP contribution in [0, 0.1) is 0 Å². The van der Waals surface area contributed by atoms with Gasteiger partial charge in [0, 0.05) is 12.0 Å². The summed E-state index contributed by atoms with van der Waals surface area (Å²) in [7, 11) is 0. The van der Waals surface area contributed by atoms with E-state index in [1.165, 1.54) is 96.3 Å². The Morgan fingerprint density at radius 1 is 0.727 bits per heavy atom. The number of benzene rings is 2. The Morgan fingerprint density at radius 2 is 1.23 bits per heavy atom. The van der Waals surface area contributed by atoms with Crippen LogP contribution in [0.15, 0.2) is 48.5 Å². The summed E-state index contributed by atoms with van der Waals surface area (Å²) >= 11 is 0. The zero-order chi connectivity index (χ0) is 31.7. The Labute approximate surface area is 266 Å². The van der Waals surface area contributed by atoms with E-state index in [1.54, 1.807) is 55.5 Å². The molecular formula is C38H56NO5. The maximum absolute atomic E-state index is 13.4. The van der Waals surface area contributed by atoms with Crippen LogP contribution in [0.1, 0.15) is 163 Å². The van der Waals surface area contributed by atoms with E-state index in [0.29, 0.717) is 30.6 Å². The molecule has 0 saturated carbocycles. The van der Waals surface area contributed by atoms with Crippen molar-refractivity contribution in [2.45, 2.75) is 148 Å². The van der Waals surface area contributed by atoms with Crippen LogP contribution in [0.5, 0.6) is 5.75 Å². The number of aldehydes is 1. The molecule has 0 N–H and O–H groups in total. The summed E-state index contributed by atoms with van der Waals surface area (Å²) in [5.74, 6) is 0.199. The average Bonchev–Trinajstić information content (AvgIpc) is 3.27. The number of nitrogens with zero attached hydrogens (tertiary/aromatic N) is 1. The van der Waals surface area contributed by atoms with Gasteiger partial charge >= 0.3 is 5.97 Å². The van der Waals surface area contributed by atoms with Gasteiger partial charge in [0.2, 0.25) is 0 Å².